The second-order valence-electron chi connectivity index (χ2n) is 6.98. The first-order valence-electron chi connectivity index (χ1n) is 10.5. The van der Waals surface area contributed by atoms with Crippen LogP contribution in [0.3, 0.4) is 0 Å². The molecular formula is C21H39NO5. The standard InChI is InChI=1S/C21H39NO5/c1-2-3-4-5-6-7-8-9-10-11-12-13-14-15-16-17-20(24)26-27-21(25)19(22)18-23/h9-10,19,23H,2-8,11-18,22H2,1H3/b10-9-. The molecular weight excluding hydrogens is 346 g/mol. The average molecular weight is 386 g/mol. The third-order valence-electron chi connectivity index (χ3n) is 4.36. The van der Waals surface area contributed by atoms with Gasteiger partial charge in [0.25, 0.3) is 0 Å². The lowest BCUT2D eigenvalue weighted by atomic mass is 10.1. The highest BCUT2D eigenvalue weighted by Gasteiger charge is 2.17. The van der Waals surface area contributed by atoms with E-state index in [0.717, 1.165) is 25.7 Å². The van der Waals surface area contributed by atoms with E-state index >= 15 is 0 Å². The summed E-state index contributed by atoms with van der Waals surface area (Å²) in [4.78, 5) is 31.1. The Morgan fingerprint density at radius 3 is 1.93 bits per heavy atom. The predicted molar refractivity (Wildman–Crippen MR) is 107 cm³/mol. The summed E-state index contributed by atoms with van der Waals surface area (Å²) in [5.41, 5.74) is 5.22. The Balaban J connectivity index is 3.33. The number of nitrogens with two attached hydrogens (primary N) is 1. The Morgan fingerprint density at radius 2 is 1.37 bits per heavy atom. The van der Waals surface area contributed by atoms with Gasteiger partial charge in [-0.3, -0.25) is 0 Å². The molecule has 1 unspecified atom stereocenters. The third-order valence-corrected chi connectivity index (χ3v) is 4.36. The molecule has 0 spiro atoms. The second-order valence-corrected chi connectivity index (χ2v) is 6.98. The molecule has 0 saturated carbocycles. The van der Waals surface area contributed by atoms with Crippen LogP contribution in [0.4, 0.5) is 0 Å². The minimum Gasteiger partial charge on any atom is -0.394 e. The van der Waals surface area contributed by atoms with E-state index in [0.29, 0.717) is 6.42 Å². The Morgan fingerprint density at radius 1 is 0.852 bits per heavy atom. The molecule has 0 aliphatic rings. The summed E-state index contributed by atoms with van der Waals surface area (Å²) in [5, 5.41) is 8.65. The van der Waals surface area contributed by atoms with Gasteiger partial charge in [-0.2, -0.15) is 0 Å². The van der Waals surface area contributed by atoms with Crippen LogP contribution >= 0.6 is 0 Å². The fourth-order valence-electron chi connectivity index (χ4n) is 2.61. The zero-order chi connectivity index (χ0) is 20.2. The molecule has 0 aliphatic heterocycles. The van der Waals surface area contributed by atoms with Gasteiger partial charge in [-0.05, 0) is 32.1 Å². The topological polar surface area (TPSA) is 98.9 Å². The molecule has 3 N–H and O–H groups in total. The minimum atomic E-state index is -1.18. The molecule has 0 fully saturated rings. The molecule has 158 valence electrons. The SMILES string of the molecule is CCCCCCCC/C=C\CCCCCCCC(=O)OOC(=O)C(N)CO. The van der Waals surface area contributed by atoms with Crippen LogP contribution in [-0.4, -0.2) is 29.7 Å². The summed E-state index contributed by atoms with van der Waals surface area (Å²) in [6, 6.07) is -1.18. The number of aliphatic hydroxyl groups is 1. The Hall–Kier alpha value is -1.40. The van der Waals surface area contributed by atoms with Crippen LogP contribution in [0.15, 0.2) is 12.2 Å². The number of unbranched alkanes of at least 4 members (excludes halogenated alkanes) is 11. The van der Waals surface area contributed by atoms with Crippen molar-refractivity contribution in [3.63, 3.8) is 0 Å². The zero-order valence-electron chi connectivity index (χ0n) is 17.0. The van der Waals surface area contributed by atoms with Gasteiger partial charge in [0.2, 0.25) is 0 Å². The molecule has 0 saturated heterocycles. The van der Waals surface area contributed by atoms with E-state index in [2.05, 4.69) is 28.9 Å². The third kappa shape index (κ3) is 17.8. The summed E-state index contributed by atoms with van der Waals surface area (Å²) in [6.07, 6.45) is 20.2. The van der Waals surface area contributed by atoms with Crippen molar-refractivity contribution in [1.29, 1.82) is 0 Å². The van der Waals surface area contributed by atoms with Crippen molar-refractivity contribution < 1.29 is 24.5 Å². The number of hydrogen-bond donors (Lipinski definition) is 2. The molecule has 0 aromatic rings. The van der Waals surface area contributed by atoms with Crippen LogP contribution in [0.5, 0.6) is 0 Å². The molecule has 0 rings (SSSR count). The van der Waals surface area contributed by atoms with Gasteiger partial charge in [-0.25, -0.2) is 19.4 Å². The van der Waals surface area contributed by atoms with Crippen molar-refractivity contribution in [2.24, 2.45) is 5.73 Å². The van der Waals surface area contributed by atoms with Crippen LogP contribution in [0, 0.1) is 0 Å². The van der Waals surface area contributed by atoms with Gasteiger partial charge in [-0.15, -0.1) is 0 Å². The Bertz CT molecular complexity index is 398. The zero-order valence-corrected chi connectivity index (χ0v) is 17.0. The number of allylic oxidation sites excluding steroid dienone is 2. The summed E-state index contributed by atoms with van der Waals surface area (Å²) in [5.74, 6) is -1.54. The lowest BCUT2D eigenvalue weighted by Crippen LogP contribution is -2.36. The van der Waals surface area contributed by atoms with Crippen LogP contribution in [0.2, 0.25) is 0 Å². The van der Waals surface area contributed by atoms with Gasteiger partial charge in [0.15, 0.2) is 0 Å². The highest BCUT2D eigenvalue weighted by Crippen LogP contribution is 2.10. The van der Waals surface area contributed by atoms with Gasteiger partial charge in [0.1, 0.15) is 6.04 Å². The van der Waals surface area contributed by atoms with E-state index in [1.165, 1.54) is 51.4 Å². The summed E-state index contributed by atoms with van der Waals surface area (Å²) < 4.78 is 0. The number of rotatable bonds is 17. The quantitative estimate of drug-likeness (QED) is 0.167. The number of hydrogen-bond acceptors (Lipinski definition) is 6. The average Bonchev–Trinajstić information content (AvgIpc) is 2.68. The molecule has 6 nitrogen and oxygen atoms in total. The lowest BCUT2D eigenvalue weighted by Gasteiger charge is -2.06. The van der Waals surface area contributed by atoms with Gasteiger partial charge < -0.3 is 10.8 Å². The van der Waals surface area contributed by atoms with Gasteiger partial charge in [0, 0.05) is 0 Å². The summed E-state index contributed by atoms with van der Waals surface area (Å²) in [6.45, 7) is 1.69. The fourth-order valence-corrected chi connectivity index (χ4v) is 2.61. The van der Waals surface area contributed by atoms with Crippen molar-refractivity contribution in [3.05, 3.63) is 12.2 Å². The minimum absolute atomic E-state index is 0.208. The van der Waals surface area contributed by atoms with Crippen molar-refractivity contribution in [1.82, 2.24) is 0 Å². The highest BCUT2D eigenvalue weighted by atomic mass is 17.2. The molecule has 27 heavy (non-hydrogen) atoms. The molecule has 0 bridgehead atoms. The molecule has 0 radical (unpaired) electrons. The number of carbonyl (C=O) groups is 2. The van der Waals surface area contributed by atoms with Crippen LogP contribution in [0.1, 0.15) is 96.8 Å². The van der Waals surface area contributed by atoms with E-state index in [-0.39, 0.29) is 6.42 Å². The molecule has 0 heterocycles. The monoisotopic (exact) mass is 385 g/mol. The van der Waals surface area contributed by atoms with Crippen molar-refractivity contribution in [2.45, 2.75) is 103 Å². The lowest BCUT2D eigenvalue weighted by molar-refractivity contribution is -0.260. The molecule has 0 aliphatic carbocycles. The Labute approximate surface area is 164 Å². The molecule has 0 aromatic carbocycles. The fraction of sp³-hybridized carbons (Fsp3) is 0.810. The Kier molecular flexibility index (Phi) is 18.4. The normalized spacial score (nSPS) is 12.3. The van der Waals surface area contributed by atoms with E-state index in [4.69, 9.17) is 10.8 Å². The first-order valence-corrected chi connectivity index (χ1v) is 10.5. The van der Waals surface area contributed by atoms with E-state index in [1.54, 1.807) is 0 Å². The first kappa shape index (κ1) is 25.6. The van der Waals surface area contributed by atoms with Crippen molar-refractivity contribution in [2.75, 3.05) is 6.61 Å². The maximum atomic E-state index is 11.4. The van der Waals surface area contributed by atoms with Crippen molar-refractivity contribution >= 4 is 11.9 Å². The van der Waals surface area contributed by atoms with Gasteiger partial charge in [-0.1, -0.05) is 70.4 Å². The molecule has 0 amide bonds. The smallest absolute Gasteiger partial charge is 0.374 e. The largest absolute Gasteiger partial charge is 0.394 e. The second kappa shape index (κ2) is 19.4. The van der Waals surface area contributed by atoms with E-state index in [9.17, 15) is 9.59 Å². The van der Waals surface area contributed by atoms with Gasteiger partial charge in [0.05, 0.1) is 13.0 Å². The maximum absolute atomic E-state index is 11.4. The highest BCUT2D eigenvalue weighted by molar-refractivity contribution is 5.76. The maximum Gasteiger partial charge on any atom is 0.374 e. The summed E-state index contributed by atoms with van der Waals surface area (Å²) >= 11 is 0. The number of carbonyl (C=O) groups excluding carboxylic acids is 2. The predicted octanol–water partition coefficient (Wildman–Crippen LogP) is 4.34. The summed E-state index contributed by atoms with van der Waals surface area (Å²) in [7, 11) is 0. The molecule has 6 heteroatoms. The van der Waals surface area contributed by atoms with Crippen molar-refractivity contribution in [3.8, 4) is 0 Å². The first-order chi connectivity index (χ1) is 13.1. The number of aliphatic hydroxyl groups excluding tert-OH is 1. The molecule has 1 atom stereocenters. The van der Waals surface area contributed by atoms with E-state index < -0.39 is 24.6 Å². The van der Waals surface area contributed by atoms with Crippen LogP contribution in [-0.2, 0) is 19.4 Å². The van der Waals surface area contributed by atoms with Crippen LogP contribution < -0.4 is 5.73 Å². The molecule has 0 aromatic heterocycles. The van der Waals surface area contributed by atoms with Gasteiger partial charge >= 0.3 is 11.9 Å². The van der Waals surface area contributed by atoms with Crippen LogP contribution in [0.25, 0.3) is 0 Å². The van der Waals surface area contributed by atoms with E-state index in [1.807, 2.05) is 0 Å².